The Labute approximate surface area is 145 Å². The van der Waals surface area contributed by atoms with Gasteiger partial charge in [-0.25, -0.2) is 8.42 Å². The Hall–Kier alpha value is -1.41. The molecule has 0 saturated carbocycles. The van der Waals surface area contributed by atoms with Crippen molar-refractivity contribution in [3.8, 4) is 0 Å². The number of nitrogens with one attached hydrogen (secondary N) is 2. The highest BCUT2D eigenvalue weighted by molar-refractivity contribution is 9.10. The molecule has 0 unspecified atom stereocenters. The third-order valence-electron chi connectivity index (χ3n) is 2.98. The number of amides is 2. The summed E-state index contributed by atoms with van der Waals surface area (Å²) in [5, 5.41) is 4.93. The molecule has 0 saturated heterocycles. The average Bonchev–Trinajstić information content (AvgIpc) is 2.47. The molecule has 0 aromatic heterocycles. The van der Waals surface area contributed by atoms with Gasteiger partial charge in [-0.05, 0) is 30.7 Å². The van der Waals surface area contributed by atoms with Gasteiger partial charge in [-0.3, -0.25) is 9.59 Å². The molecule has 8 heteroatoms. The molecular formula is C15H21BrN2O4S. The first kappa shape index (κ1) is 19.6. The number of rotatable bonds is 9. The fraction of sp³-hybridized carbons (Fsp3) is 0.467. The molecule has 2 N–H and O–H groups in total. The molecule has 1 aromatic carbocycles. The summed E-state index contributed by atoms with van der Waals surface area (Å²) in [4.78, 5) is 23.3. The highest BCUT2D eigenvalue weighted by Crippen LogP contribution is 2.13. The molecule has 0 aliphatic heterocycles. The van der Waals surface area contributed by atoms with Crippen LogP contribution in [0, 0.1) is 0 Å². The van der Waals surface area contributed by atoms with Crippen LogP contribution in [-0.4, -0.2) is 38.3 Å². The van der Waals surface area contributed by atoms with E-state index in [4.69, 9.17) is 0 Å². The number of halogens is 1. The maximum absolute atomic E-state index is 11.7. The summed E-state index contributed by atoms with van der Waals surface area (Å²) in [7, 11) is -3.41. The van der Waals surface area contributed by atoms with Gasteiger partial charge in [0.1, 0.15) is 5.75 Å². The summed E-state index contributed by atoms with van der Waals surface area (Å²) in [5.41, 5.74) is 0.597. The van der Waals surface area contributed by atoms with Gasteiger partial charge in [0.15, 0.2) is 9.84 Å². The van der Waals surface area contributed by atoms with Crippen molar-refractivity contribution in [2.24, 2.45) is 0 Å². The minimum atomic E-state index is -3.41. The maximum atomic E-state index is 11.7. The summed E-state index contributed by atoms with van der Waals surface area (Å²) < 4.78 is 24.3. The van der Waals surface area contributed by atoms with Gasteiger partial charge < -0.3 is 10.6 Å². The van der Waals surface area contributed by atoms with Crippen LogP contribution in [0.25, 0.3) is 0 Å². The van der Waals surface area contributed by atoms with Gasteiger partial charge in [-0.2, -0.15) is 0 Å². The Morgan fingerprint density at radius 1 is 1.09 bits per heavy atom. The van der Waals surface area contributed by atoms with Crippen molar-refractivity contribution in [2.75, 3.05) is 23.4 Å². The van der Waals surface area contributed by atoms with Crippen LogP contribution in [0.5, 0.6) is 0 Å². The van der Waals surface area contributed by atoms with Gasteiger partial charge >= 0.3 is 0 Å². The van der Waals surface area contributed by atoms with Crippen LogP contribution < -0.4 is 10.6 Å². The average molecular weight is 405 g/mol. The van der Waals surface area contributed by atoms with E-state index in [1.54, 1.807) is 24.3 Å². The number of unbranched alkanes of at least 4 members (excludes halogenated alkanes) is 2. The minimum absolute atomic E-state index is 0.000645. The number of benzene rings is 1. The zero-order valence-electron chi connectivity index (χ0n) is 13.0. The van der Waals surface area contributed by atoms with E-state index in [1.165, 1.54) is 0 Å². The Balaban J connectivity index is 2.34. The Morgan fingerprint density at radius 2 is 1.74 bits per heavy atom. The molecule has 1 rings (SSSR count). The van der Waals surface area contributed by atoms with E-state index in [1.807, 2.05) is 6.92 Å². The van der Waals surface area contributed by atoms with E-state index in [2.05, 4.69) is 26.6 Å². The van der Waals surface area contributed by atoms with E-state index in [9.17, 15) is 18.0 Å². The Morgan fingerprint density at radius 3 is 2.35 bits per heavy atom. The molecule has 0 aliphatic rings. The SMILES string of the molecule is CCCCCS(=O)(=O)CC(=O)NCC(=O)Nc1ccc(Br)cc1. The lowest BCUT2D eigenvalue weighted by Gasteiger charge is -2.07. The first-order chi connectivity index (χ1) is 10.8. The van der Waals surface area contributed by atoms with Crippen LogP contribution in [0.15, 0.2) is 28.7 Å². The van der Waals surface area contributed by atoms with Gasteiger partial charge in [-0.1, -0.05) is 35.7 Å². The second-order valence-corrected chi connectivity index (χ2v) is 8.23. The van der Waals surface area contributed by atoms with Crippen LogP contribution in [0.2, 0.25) is 0 Å². The molecule has 128 valence electrons. The summed E-state index contributed by atoms with van der Waals surface area (Å²) in [6.45, 7) is 1.71. The standard InChI is InChI=1S/C15H21BrN2O4S/c1-2-3-4-9-23(21,22)11-15(20)17-10-14(19)18-13-7-5-12(16)6-8-13/h5-8H,2-4,9-11H2,1H3,(H,17,20)(H,18,19). The minimum Gasteiger partial charge on any atom is -0.346 e. The highest BCUT2D eigenvalue weighted by Gasteiger charge is 2.16. The number of carbonyl (C=O) groups excluding carboxylic acids is 2. The zero-order chi connectivity index (χ0) is 17.3. The number of sulfone groups is 1. The van der Waals surface area contributed by atoms with Crippen molar-refractivity contribution < 1.29 is 18.0 Å². The predicted molar refractivity (Wildman–Crippen MR) is 94.0 cm³/mol. The van der Waals surface area contributed by atoms with E-state index in [0.717, 1.165) is 17.3 Å². The second kappa shape index (κ2) is 9.67. The van der Waals surface area contributed by atoms with Crippen molar-refractivity contribution in [1.29, 1.82) is 0 Å². The van der Waals surface area contributed by atoms with Crippen molar-refractivity contribution in [3.63, 3.8) is 0 Å². The van der Waals surface area contributed by atoms with Crippen LogP contribution in [0.3, 0.4) is 0 Å². The molecule has 0 heterocycles. The molecule has 0 aliphatic carbocycles. The van der Waals surface area contributed by atoms with E-state index in [-0.39, 0.29) is 12.3 Å². The third kappa shape index (κ3) is 8.71. The Kier molecular flexibility index (Phi) is 8.25. The van der Waals surface area contributed by atoms with E-state index in [0.29, 0.717) is 12.1 Å². The largest absolute Gasteiger partial charge is 0.346 e. The van der Waals surface area contributed by atoms with Crippen molar-refractivity contribution in [3.05, 3.63) is 28.7 Å². The fourth-order valence-electron chi connectivity index (χ4n) is 1.81. The van der Waals surface area contributed by atoms with Gasteiger partial charge in [0, 0.05) is 10.2 Å². The normalized spacial score (nSPS) is 11.0. The van der Waals surface area contributed by atoms with Gasteiger partial charge in [-0.15, -0.1) is 0 Å². The summed E-state index contributed by atoms with van der Waals surface area (Å²) in [6.07, 6.45) is 2.28. The van der Waals surface area contributed by atoms with E-state index >= 15 is 0 Å². The maximum Gasteiger partial charge on any atom is 0.243 e. The fourth-order valence-corrected chi connectivity index (χ4v) is 3.37. The lowest BCUT2D eigenvalue weighted by atomic mass is 10.3. The van der Waals surface area contributed by atoms with Crippen LogP contribution >= 0.6 is 15.9 Å². The van der Waals surface area contributed by atoms with Crippen molar-refractivity contribution in [2.45, 2.75) is 26.2 Å². The summed E-state index contributed by atoms with van der Waals surface area (Å²) in [6, 6.07) is 6.97. The topological polar surface area (TPSA) is 92.3 Å². The molecule has 1 aromatic rings. The number of carbonyl (C=O) groups is 2. The van der Waals surface area contributed by atoms with E-state index < -0.39 is 27.4 Å². The lowest BCUT2D eigenvalue weighted by molar-refractivity contribution is -0.122. The molecule has 6 nitrogen and oxygen atoms in total. The van der Waals surface area contributed by atoms with Crippen molar-refractivity contribution >= 4 is 43.3 Å². The first-order valence-electron chi connectivity index (χ1n) is 7.35. The Bertz CT molecular complexity index is 629. The number of hydrogen-bond donors (Lipinski definition) is 2. The summed E-state index contributed by atoms with van der Waals surface area (Å²) in [5.74, 6) is -1.65. The highest BCUT2D eigenvalue weighted by atomic mass is 79.9. The predicted octanol–water partition coefficient (Wildman–Crippen LogP) is 2.11. The molecule has 0 atom stereocenters. The van der Waals surface area contributed by atoms with Gasteiger partial charge in [0.2, 0.25) is 11.8 Å². The molecule has 0 fully saturated rings. The monoisotopic (exact) mass is 404 g/mol. The van der Waals surface area contributed by atoms with Gasteiger partial charge in [0.05, 0.1) is 12.3 Å². The molecule has 2 amide bonds. The summed E-state index contributed by atoms with van der Waals surface area (Å²) >= 11 is 3.29. The lowest BCUT2D eigenvalue weighted by Crippen LogP contribution is -2.36. The quantitative estimate of drug-likeness (QED) is 0.616. The van der Waals surface area contributed by atoms with Crippen molar-refractivity contribution in [1.82, 2.24) is 5.32 Å². The molecule has 0 spiro atoms. The first-order valence-corrected chi connectivity index (χ1v) is 9.96. The van der Waals surface area contributed by atoms with Crippen LogP contribution in [0.4, 0.5) is 5.69 Å². The van der Waals surface area contributed by atoms with Crippen LogP contribution in [-0.2, 0) is 19.4 Å². The molecule has 0 bridgehead atoms. The number of anilines is 1. The smallest absolute Gasteiger partial charge is 0.243 e. The third-order valence-corrected chi connectivity index (χ3v) is 5.13. The van der Waals surface area contributed by atoms with Crippen LogP contribution in [0.1, 0.15) is 26.2 Å². The number of hydrogen-bond acceptors (Lipinski definition) is 4. The van der Waals surface area contributed by atoms with Gasteiger partial charge in [0.25, 0.3) is 0 Å². The zero-order valence-corrected chi connectivity index (χ0v) is 15.4. The molecule has 0 radical (unpaired) electrons. The molecular weight excluding hydrogens is 384 g/mol. The second-order valence-electron chi connectivity index (χ2n) is 5.13. The molecule has 23 heavy (non-hydrogen) atoms.